The highest BCUT2D eigenvalue weighted by atomic mass is 16.6. The van der Waals surface area contributed by atoms with Crippen LogP contribution in [0, 0.1) is 10.1 Å². The lowest BCUT2D eigenvalue weighted by Crippen LogP contribution is -2.14. The van der Waals surface area contributed by atoms with Gasteiger partial charge >= 0.3 is 5.69 Å². The van der Waals surface area contributed by atoms with Crippen LogP contribution in [-0.4, -0.2) is 30.8 Å². The molecular weight excluding hydrogens is 240 g/mol. The highest BCUT2D eigenvalue weighted by molar-refractivity contribution is 5.90. The number of aromatic amines is 1. The first-order valence-corrected chi connectivity index (χ1v) is 5.10. The van der Waals surface area contributed by atoms with E-state index in [2.05, 4.69) is 20.6 Å². The zero-order valence-electron chi connectivity index (χ0n) is 9.24. The number of anilines is 1. The highest BCUT2D eigenvalue weighted by Crippen LogP contribution is 2.08. The number of rotatable bonds is 5. The van der Waals surface area contributed by atoms with Crippen LogP contribution in [0.2, 0.25) is 0 Å². The zero-order valence-corrected chi connectivity index (χ0v) is 9.24. The fourth-order valence-corrected chi connectivity index (χ4v) is 1.33. The van der Waals surface area contributed by atoms with Crippen molar-refractivity contribution < 1.29 is 9.72 Å². The molecule has 0 atom stereocenters. The molecule has 9 heteroatoms. The molecule has 0 radical (unpaired) electrons. The maximum absolute atomic E-state index is 11.5. The molecule has 2 N–H and O–H groups in total. The zero-order chi connectivity index (χ0) is 13.0. The second-order valence-electron chi connectivity index (χ2n) is 3.50. The van der Waals surface area contributed by atoms with E-state index in [9.17, 15) is 14.9 Å². The molecule has 0 aliphatic carbocycles. The Morgan fingerprint density at radius 2 is 2.39 bits per heavy atom. The molecule has 9 nitrogen and oxygen atoms in total. The highest BCUT2D eigenvalue weighted by Gasteiger charge is 2.10. The van der Waals surface area contributed by atoms with Crippen LogP contribution in [0.25, 0.3) is 0 Å². The van der Waals surface area contributed by atoms with Crippen molar-refractivity contribution in [1.82, 2.24) is 20.0 Å². The molecule has 2 heterocycles. The molecular formula is C9H10N6O3. The molecule has 2 rings (SSSR count). The first-order valence-electron chi connectivity index (χ1n) is 5.10. The van der Waals surface area contributed by atoms with E-state index in [1.807, 2.05) is 0 Å². The summed E-state index contributed by atoms with van der Waals surface area (Å²) in [6, 6.07) is 0. The number of H-pyrrole nitrogens is 1. The smallest absolute Gasteiger partial charge is 0.306 e. The van der Waals surface area contributed by atoms with Gasteiger partial charge in [-0.1, -0.05) is 0 Å². The fraction of sp³-hybridized carbons (Fsp3) is 0.222. The van der Waals surface area contributed by atoms with Crippen molar-refractivity contribution in [2.75, 3.05) is 5.32 Å². The van der Waals surface area contributed by atoms with Gasteiger partial charge in [0.15, 0.2) is 0 Å². The number of nitrogens with one attached hydrogen (secondary N) is 2. The van der Waals surface area contributed by atoms with E-state index >= 15 is 0 Å². The number of carbonyl (C=O) groups is 1. The standard InChI is InChI=1S/C9H10N6O3/c16-9(13-7-3-10-11-4-7)1-2-14-6-8(5-12-14)15(17)18/h3-6H,1-2H2,(H,10,11)(H,13,16). The van der Waals surface area contributed by atoms with Gasteiger partial charge in [-0.05, 0) is 0 Å². The third-order valence-electron chi connectivity index (χ3n) is 2.18. The molecule has 0 fully saturated rings. The van der Waals surface area contributed by atoms with Gasteiger partial charge in [0.25, 0.3) is 0 Å². The average molecular weight is 250 g/mol. The van der Waals surface area contributed by atoms with Crippen LogP contribution in [0.3, 0.4) is 0 Å². The van der Waals surface area contributed by atoms with Crippen molar-refractivity contribution in [3.05, 3.63) is 34.9 Å². The average Bonchev–Trinajstić information content (AvgIpc) is 2.96. The Kier molecular flexibility index (Phi) is 3.32. The van der Waals surface area contributed by atoms with Crippen LogP contribution < -0.4 is 5.32 Å². The number of hydrogen-bond acceptors (Lipinski definition) is 5. The van der Waals surface area contributed by atoms with Gasteiger partial charge in [0.1, 0.15) is 12.4 Å². The van der Waals surface area contributed by atoms with Gasteiger partial charge in [-0.3, -0.25) is 24.7 Å². The molecule has 0 aliphatic heterocycles. The Morgan fingerprint density at radius 3 is 3.00 bits per heavy atom. The van der Waals surface area contributed by atoms with E-state index in [1.54, 1.807) is 6.20 Å². The van der Waals surface area contributed by atoms with Crippen LogP contribution >= 0.6 is 0 Å². The number of nitrogens with zero attached hydrogens (tertiary/aromatic N) is 4. The van der Waals surface area contributed by atoms with E-state index in [0.29, 0.717) is 5.69 Å². The van der Waals surface area contributed by atoms with Crippen molar-refractivity contribution in [3.63, 3.8) is 0 Å². The summed E-state index contributed by atoms with van der Waals surface area (Å²) in [5.74, 6) is -0.213. The summed E-state index contributed by atoms with van der Waals surface area (Å²) in [6.07, 6.45) is 5.64. The van der Waals surface area contributed by atoms with E-state index in [1.165, 1.54) is 17.1 Å². The summed E-state index contributed by atoms with van der Waals surface area (Å²) < 4.78 is 1.35. The molecule has 0 aromatic carbocycles. The molecule has 0 saturated heterocycles. The first-order chi connectivity index (χ1) is 8.65. The summed E-state index contributed by atoms with van der Waals surface area (Å²) in [7, 11) is 0. The van der Waals surface area contributed by atoms with E-state index in [-0.39, 0.29) is 24.6 Å². The predicted molar refractivity (Wildman–Crippen MR) is 60.7 cm³/mol. The Bertz CT molecular complexity index is 546. The van der Waals surface area contributed by atoms with Gasteiger partial charge in [0.2, 0.25) is 5.91 Å². The second-order valence-corrected chi connectivity index (χ2v) is 3.50. The van der Waals surface area contributed by atoms with Crippen molar-refractivity contribution in [1.29, 1.82) is 0 Å². The van der Waals surface area contributed by atoms with E-state index < -0.39 is 4.92 Å². The van der Waals surface area contributed by atoms with Gasteiger partial charge in [-0.2, -0.15) is 10.2 Å². The van der Waals surface area contributed by atoms with Crippen LogP contribution in [-0.2, 0) is 11.3 Å². The van der Waals surface area contributed by atoms with Gasteiger partial charge in [-0.15, -0.1) is 0 Å². The van der Waals surface area contributed by atoms with Crippen molar-refractivity contribution in [2.45, 2.75) is 13.0 Å². The van der Waals surface area contributed by atoms with Gasteiger partial charge in [-0.25, -0.2) is 0 Å². The van der Waals surface area contributed by atoms with Crippen LogP contribution in [0.4, 0.5) is 11.4 Å². The first kappa shape index (κ1) is 11.8. The number of carbonyl (C=O) groups excluding carboxylic acids is 1. The quantitative estimate of drug-likeness (QED) is 0.593. The largest absolute Gasteiger partial charge is 0.323 e. The van der Waals surface area contributed by atoms with Crippen LogP contribution in [0.1, 0.15) is 6.42 Å². The second kappa shape index (κ2) is 5.08. The topological polar surface area (TPSA) is 119 Å². The normalized spacial score (nSPS) is 10.2. The maximum atomic E-state index is 11.5. The molecule has 18 heavy (non-hydrogen) atoms. The van der Waals surface area contributed by atoms with Crippen molar-refractivity contribution in [2.24, 2.45) is 0 Å². The monoisotopic (exact) mass is 250 g/mol. The van der Waals surface area contributed by atoms with Crippen molar-refractivity contribution >= 4 is 17.3 Å². The lowest BCUT2D eigenvalue weighted by molar-refractivity contribution is -0.385. The lowest BCUT2D eigenvalue weighted by atomic mass is 10.4. The molecule has 0 unspecified atom stereocenters. The van der Waals surface area contributed by atoms with E-state index in [0.717, 1.165) is 6.20 Å². The predicted octanol–water partition coefficient (Wildman–Crippen LogP) is 0.543. The summed E-state index contributed by atoms with van der Waals surface area (Å²) >= 11 is 0. The minimum Gasteiger partial charge on any atom is -0.323 e. The van der Waals surface area contributed by atoms with Crippen molar-refractivity contribution in [3.8, 4) is 0 Å². The van der Waals surface area contributed by atoms with Crippen LogP contribution in [0.15, 0.2) is 24.8 Å². The van der Waals surface area contributed by atoms with Gasteiger partial charge in [0.05, 0.1) is 16.8 Å². The lowest BCUT2D eigenvalue weighted by Gasteiger charge is -2.01. The number of amides is 1. The van der Waals surface area contributed by atoms with Gasteiger partial charge < -0.3 is 5.32 Å². The minimum absolute atomic E-state index is 0.0924. The summed E-state index contributed by atoms with van der Waals surface area (Å²) in [5, 5.41) is 23.1. The Balaban J connectivity index is 1.83. The molecule has 0 aliphatic rings. The number of aryl methyl sites for hydroxylation is 1. The Hall–Kier alpha value is -2.71. The maximum Gasteiger partial charge on any atom is 0.306 e. The van der Waals surface area contributed by atoms with Gasteiger partial charge in [0, 0.05) is 19.2 Å². The summed E-state index contributed by atoms with van der Waals surface area (Å²) in [6.45, 7) is 0.275. The molecule has 2 aromatic rings. The molecule has 0 saturated carbocycles. The Morgan fingerprint density at radius 1 is 1.56 bits per heavy atom. The van der Waals surface area contributed by atoms with E-state index in [4.69, 9.17) is 0 Å². The summed E-state index contributed by atoms with van der Waals surface area (Å²) in [5.41, 5.74) is 0.483. The van der Waals surface area contributed by atoms with Crippen LogP contribution in [0.5, 0.6) is 0 Å². The SMILES string of the molecule is O=C(CCn1cc([N+](=O)[O-])cn1)Nc1cn[nH]c1. The minimum atomic E-state index is -0.533. The Labute approximate surface area is 101 Å². The molecule has 2 aromatic heterocycles. The fourth-order valence-electron chi connectivity index (χ4n) is 1.33. The number of aromatic nitrogens is 4. The number of hydrogen-bond donors (Lipinski definition) is 2. The molecule has 1 amide bonds. The third-order valence-corrected chi connectivity index (χ3v) is 2.18. The molecule has 0 bridgehead atoms. The number of nitro groups is 1. The molecule has 0 spiro atoms. The molecule has 94 valence electrons. The third kappa shape index (κ3) is 2.90. The summed E-state index contributed by atoms with van der Waals surface area (Å²) in [4.78, 5) is 21.4.